The highest BCUT2D eigenvalue weighted by Crippen LogP contribution is 2.29. The molecule has 3 heterocycles. The van der Waals surface area contributed by atoms with Crippen molar-refractivity contribution in [2.45, 2.75) is 40.0 Å². The minimum Gasteiger partial charge on any atom is -0.463 e. The van der Waals surface area contributed by atoms with Crippen LogP contribution in [-0.4, -0.2) is 21.5 Å². The molecule has 2 aliphatic rings. The molecule has 1 aliphatic heterocycles. The molecule has 5 rings (SSSR count). The zero-order valence-electron chi connectivity index (χ0n) is 20.0. The Morgan fingerprint density at radius 1 is 1.11 bits per heavy atom. The van der Waals surface area contributed by atoms with Gasteiger partial charge in [-0.2, -0.15) is 0 Å². The number of fused-ring (bicyclic) bond motifs is 1. The summed E-state index contributed by atoms with van der Waals surface area (Å²) in [6.07, 6.45) is 11.9. The van der Waals surface area contributed by atoms with Crippen LogP contribution in [0.15, 0.2) is 66.2 Å². The Hall–Kier alpha value is -4.07. The Labute approximate surface area is 203 Å². The van der Waals surface area contributed by atoms with E-state index in [4.69, 9.17) is 9.47 Å². The van der Waals surface area contributed by atoms with Crippen LogP contribution in [0.2, 0.25) is 0 Å². The van der Waals surface area contributed by atoms with Crippen molar-refractivity contribution in [2.24, 2.45) is 0 Å². The number of ether oxygens (including phenoxy) is 2. The lowest BCUT2D eigenvalue weighted by Crippen LogP contribution is -2.13. The summed E-state index contributed by atoms with van der Waals surface area (Å²) in [5.41, 5.74) is 4.80. The Kier molecular flexibility index (Phi) is 6.27. The molecule has 0 saturated carbocycles. The molecule has 2 aromatic heterocycles. The molecule has 0 spiro atoms. The van der Waals surface area contributed by atoms with Crippen LogP contribution in [-0.2, 0) is 15.9 Å². The number of aromatic amines is 1. The quantitative estimate of drug-likeness (QED) is 0.387. The van der Waals surface area contributed by atoms with Gasteiger partial charge in [0.05, 0.1) is 5.52 Å². The van der Waals surface area contributed by atoms with Gasteiger partial charge in [-0.25, -0.2) is 14.4 Å². The van der Waals surface area contributed by atoms with E-state index in [-0.39, 0.29) is 5.82 Å². The molecule has 7 nitrogen and oxygen atoms in total. The molecular formula is C27H28FN5O2. The maximum Gasteiger partial charge on any atom is 0.234 e. The van der Waals surface area contributed by atoms with Gasteiger partial charge >= 0.3 is 0 Å². The normalized spacial score (nSPS) is 15.1. The lowest BCUT2D eigenvalue weighted by atomic mass is 10.0. The molecule has 0 amide bonds. The van der Waals surface area contributed by atoms with E-state index in [0.29, 0.717) is 41.2 Å². The number of nitrogens with one attached hydrogen (secondary N) is 3. The summed E-state index contributed by atoms with van der Waals surface area (Å²) < 4.78 is 25.7. The van der Waals surface area contributed by atoms with Gasteiger partial charge in [-0.1, -0.05) is 24.3 Å². The first-order valence-electron chi connectivity index (χ1n) is 11.7. The van der Waals surface area contributed by atoms with Gasteiger partial charge in [0, 0.05) is 23.7 Å². The minimum absolute atomic E-state index is 0.229. The van der Waals surface area contributed by atoms with Gasteiger partial charge in [-0.15, -0.1) is 0 Å². The molecule has 3 N–H and O–H groups in total. The summed E-state index contributed by atoms with van der Waals surface area (Å²) >= 11 is 0. The monoisotopic (exact) mass is 473 g/mol. The Bertz CT molecular complexity index is 1400. The lowest BCUT2D eigenvalue weighted by molar-refractivity contribution is 0.233. The average molecular weight is 474 g/mol. The number of halogens is 1. The molecule has 0 radical (unpaired) electrons. The highest BCUT2D eigenvalue weighted by molar-refractivity contribution is 5.88. The van der Waals surface area contributed by atoms with Crippen LogP contribution in [0.5, 0.6) is 0 Å². The van der Waals surface area contributed by atoms with E-state index in [2.05, 4.69) is 31.7 Å². The van der Waals surface area contributed by atoms with Crippen LogP contribution in [0.3, 0.4) is 0 Å². The van der Waals surface area contributed by atoms with Gasteiger partial charge in [0.25, 0.3) is 0 Å². The molecule has 180 valence electrons. The van der Waals surface area contributed by atoms with Crippen LogP contribution in [0.1, 0.15) is 35.5 Å². The number of anilines is 2. The second kappa shape index (κ2) is 9.66. The van der Waals surface area contributed by atoms with E-state index in [9.17, 15) is 4.39 Å². The van der Waals surface area contributed by atoms with Crippen molar-refractivity contribution in [3.8, 4) is 0 Å². The van der Waals surface area contributed by atoms with Gasteiger partial charge in [0.1, 0.15) is 29.5 Å². The van der Waals surface area contributed by atoms with Gasteiger partial charge in [-0.3, -0.25) is 0 Å². The number of nitrogens with zero attached hydrogens (tertiary/aromatic N) is 2. The molecule has 0 unspecified atom stereocenters. The minimum atomic E-state index is -0.229. The number of aromatic nitrogens is 3. The number of hydrogen-bond donors (Lipinski definition) is 3. The molecule has 1 aliphatic carbocycles. The molecule has 0 bridgehead atoms. The van der Waals surface area contributed by atoms with Gasteiger partial charge in [0.2, 0.25) is 5.88 Å². The molecule has 1 aromatic carbocycles. The SMILES string of the molecule is Cc1nc(NCCc2c(C)[nH]c3c(F)ccc(C)c23)cc(NC2=COC=C(C3=CC=CCC3)O2)n1. The Morgan fingerprint density at radius 3 is 2.80 bits per heavy atom. The number of allylic oxidation sites excluding steroid dienone is 4. The summed E-state index contributed by atoms with van der Waals surface area (Å²) in [5.74, 6) is 2.81. The third-order valence-electron chi connectivity index (χ3n) is 6.10. The summed E-state index contributed by atoms with van der Waals surface area (Å²) in [7, 11) is 0. The van der Waals surface area contributed by atoms with Crippen molar-refractivity contribution >= 4 is 22.5 Å². The molecule has 0 atom stereocenters. The van der Waals surface area contributed by atoms with Gasteiger partial charge in [0.15, 0.2) is 12.0 Å². The first-order chi connectivity index (χ1) is 17.0. The van der Waals surface area contributed by atoms with Crippen LogP contribution in [0, 0.1) is 26.6 Å². The summed E-state index contributed by atoms with van der Waals surface area (Å²) in [5, 5.41) is 7.50. The molecule has 3 aromatic rings. The van der Waals surface area contributed by atoms with Gasteiger partial charge < -0.3 is 25.1 Å². The number of benzene rings is 1. The standard InChI is InChI=1S/C27H28FN5O2/c1-16-9-10-21(28)27-26(16)20(17(2)30-27)11-12-29-23-13-24(32-18(3)31-23)33-25-15-34-14-22(35-25)19-7-5-4-6-8-19/h4-5,7,9-10,13-15,30H,6,8,11-12H2,1-3H3,(H2,29,31,32,33). The topological polar surface area (TPSA) is 84.1 Å². The first-order valence-corrected chi connectivity index (χ1v) is 11.7. The van der Waals surface area contributed by atoms with Gasteiger partial charge in [-0.05, 0) is 62.8 Å². The van der Waals surface area contributed by atoms with E-state index in [1.54, 1.807) is 6.26 Å². The summed E-state index contributed by atoms with van der Waals surface area (Å²) in [6, 6.07) is 5.15. The van der Waals surface area contributed by atoms with Crippen molar-refractivity contribution < 1.29 is 13.9 Å². The predicted octanol–water partition coefficient (Wildman–Crippen LogP) is 6.05. The fraction of sp³-hybridized carbons (Fsp3) is 0.259. The molecular weight excluding hydrogens is 445 g/mol. The highest BCUT2D eigenvalue weighted by atomic mass is 19.1. The van der Waals surface area contributed by atoms with Crippen molar-refractivity contribution in [3.05, 3.63) is 94.6 Å². The molecule has 8 heteroatoms. The smallest absolute Gasteiger partial charge is 0.234 e. The average Bonchev–Trinajstić information content (AvgIpc) is 3.19. The third-order valence-corrected chi connectivity index (χ3v) is 6.10. The predicted molar refractivity (Wildman–Crippen MR) is 135 cm³/mol. The summed E-state index contributed by atoms with van der Waals surface area (Å²) in [4.78, 5) is 12.2. The second-order valence-electron chi connectivity index (χ2n) is 8.69. The molecule has 0 fully saturated rings. The van der Waals surface area contributed by atoms with Crippen molar-refractivity contribution in [1.29, 1.82) is 0 Å². The third kappa shape index (κ3) is 4.91. The zero-order chi connectivity index (χ0) is 24.4. The largest absolute Gasteiger partial charge is 0.463 e. The molecule has 0 saturated heterocycles. The van der Waals surface area contributed by atoms with E-state index in [0.717, 1.165) is 47.0 Å². The van der Waals surface area contributed by atoms with E-state index in [1.165, 1.54) is 12.3 Å². The number of rotatable bonds is 7. The second-order valence-corrected chi connectivity index (χ2v) is 8.69. The van der Waals surface area contributed by atoms with Crippen LogP contribution in [0.25, 0.3) is 10.9 Å². The fourth-order valence-corrected chi connectivity index (χ4v) is 4.45. The van der Waals surface area contributed by atoms with Crippen molar-refractivity contribution in [2.75, 3.05) is 17.2 Å². The maximum atomic E-state index is 14.3. The van der Waals surface area contributed by atoms with E-state index >= 15 is 0 Å². The maximum absolute atomic E-state index is 14.3. The first kappa shape index (κ1) is 22.7. The van der Waals surface area contributed by atoms with Crippen molar-refractivity contribution in [3.63, 3.8) is 0 Å². The van der Waals surface area contributed by atoms with E-state index < -0.39 is 0 Å². The zero-order valence-corrected chi connectivity index (χ0v) is 20.0. The Morgan fingerprint density at radius 2 is 1.97 bits per heavy atom. The summed E-state index contributed by atoms with van der Waals surface area (Å²) in [6.45, 7) is 6.46. The molecule has 35 heavy (non-hydrogen) atoms. The highest BCUT2D eigenvalue weighted by Gasteiger charge is 2.17. The number of hydrogen-bond acceptors (Lipinski definition) is 6. The fourth-order valence-electron chi connectivity index (χ4n) is 4.45. The number of H-pyrrole nitrogens is 1. The lowest BCUT2D eigenvalue weighted by Gasteiger charge is -2.20. The van der Waals surface area contributed by atoms with Crippen molar-refractivity contribution in [1.82, 2.24) is 15.0 Å². The van der Waals surface area contributed by atoms with Crippen LogP contribution >= 0.6 is 0 Å². The van der Waals surface area contributed by atoms with Crippen LogP contribution in [0.4, 0.5) is 16.0 Å². The van der Waals surface area contributed by atoms with E-state index in [1.807, 2.05) is 45.1 Å². The Balaban J connectivity index is 1.25. The number of aryl methyl sites for hydroxylation is 3. The van der Waals surface area contributed by atoms with Crippen LogP contribution < -0.4 is 10.6 Å².